The van der Waals surface area contributed by atoms with Crippen LogP contribution in [0.25, 0.3) is 0 Å². The topological polar surface area (TPSA) is 55.3 Å². The molecule has 0 aliphatic rings. The molecule has 126 valence electrons. The molecule has 2 heterocycles. The monoisotopic (exact) mass is 373 g/mol. The maximum atomic E-state index is 12.5. The van der Waals surface area contributed by atoms with Crippen molar-refractivity contribution in [1.29, 1.82) is 0 Å². The molecule has 0 atom stereocenters. The zero-order chi connectivity index (χ0) is 17.8. The van der Waals surface area contributed by atoms with Crippen LogP contribution < -0.4 is 9.64 Å². The third-order valence-corrected chi connectivity index (χ3v) is 3.96. The average Bonchev–Trinajstić information content (AvgIpc) is 2.64. The first-order valence-corrected chi connectivity index (χ1v) is 8.07. The molecule has 3 aromatic rings. The van der Waals surface area contributed by atoms with Crippen molar-refractivity contribution in [1.82, 2.24) is 9.97 Å². The number of ether oxygens (including phenoxy) is 1. The van der Waals surface area contributed by atoms with Crippen LogP contribution in [0.3, 0.4) is 0 Å². The molecule has 1 amide bonds. The Morgan fingerprint density at radius 1 is 1.12 bits per heavy atom. The number of rotatable bonds is 4. The van der Waals surface area contributed by atoms with Crippen molar-refractivity contribution in [2.45, 2.75) is 0 Å². The molecule has 5 nitrogen and oxygen atoms in total. The highest BCUT2D eigenvalue weighted by atomic mass is 35.5. The van der Waals surface area contributed by atoms with E-state index in [1.165, 1.54) is 11.1 Å². The summed E-state index contributed by atoms with van der Waals surface area (Å²) < 4.78 is 5.61. The number of hydrogen-bond acceptors (Lipinski definition) is 4. The van der Waals surface area contributed by atoms with Gasteiger partial charge < -0.3 is 9.64 Å². The number of anilines is 1. The number of benzene rings is 1. The van der Waals surface area contributed by atoms with E-state index in [0.717, 1.165) is 0 Å². The number of carbonyl (C=O) groups is 1. The van der Waals surface area contributed by atoms with Gasteiger partial charge in [-0.3, -0.25) is 9.78 Å². The summed E-state index contributed by atoms with van der Waals surface area (Å²) in [5.74, 6) is 0.562. The summed E-state index contributed by atoms with van der Waals surface area (Å²) in [5.41, 5.74) is 1.13. The lowest BCUT2D eigenvalue weighted by Gasteiger charge is -2.16. The molecule has 1 aromatic carbocycles. The lowest BCUT2D eigenvalue weighted by Crippen LogP contribution is -2.26. The Bertz CT molecular complexity index is 887. The van der Waals surface area contributed by atoms with Gasteiger partial charge in [0.15, 0.2) is 0 Å². The fourth-order valence-electron chi connectivity index (χ4n) is 2.10. The van der Waals surface area contributed by atoms with Crippen LogP contribution in [-0.4, -0.2) is 22.9 Å². The molecular formula is C18H13Cl2N3O2. The van der Waals surface area contributed by atoms with E-state index in [1.807, 2.05) is 0 Å². The van der Waals surface area contributed by atoms with Crippen LogP contribution in [-0.2, 0) is 0 Å². The number of pyridine rings is 2. The molecule has 0 spiro atoms. The Morgan fingerprint density at radius 3 is 2.60 bits per heavy atom. The van der Waals surface area contributed by atoms with Crippen molar-refractivity contribution in [2.24, 2.45) is 0 Å². The van der Waals surface area contributed by atoms with Gasteiger partial charge in [0.1, 0.15) is 5.75 Å². The van der Waals surface area contributed by atoms with Gasteiger partial charge in [0.25, 0.3) is 5.91 Å². The molecular weight excluding hydrogens is 361 g/mol. The zero-order valence-electron chi connectivity index (χ0n) is 13.2. The van der Waals surface area contributed by atoms with E-state index >= 15 is 0 Å². The summed E-state index contributed by atoms with van der Waals surface area (Å²) in [6.07, 6.45) is 4.72. The Kier molecular flexibility index (Phi) is 5.16. The van der Waals surface area contributed by atoms with E-state index in [-0.39, 0.29) is 5.91 Å². The SMILES string of the molecule is CN(C(=O)c1ccc(Oc2ccc(Cl)cc2Cl)nc1)c1cccnc1. The maximum absolute atomic E-state index is 12.5. The van der Waals surface area contributed by atoms with Gasteiger partial charge in [0, 0.05) is 30.5 Å². The van der Waals surface area contributed by atoms with Gasteiger partial charge in [0.05, 0.1) is 22.5 Å². The molecule has 25 heavy (non-hydrogen) atoms. The molecule has 7 heteroatoms. The Balaban J connectivity index is 1.74. The summed E-state index contributed by atoms with van der Waals surface area (Å²) >= 11 is 11.9. The van der Waals surface area contributed by atoms with E-state index in [0.29, 0.717) is 32.9 Å². The second-order valence-electron chi connectivity index (χ2n) is 5.14. The van der Waals surface area contributed by atoms with Crippen LogP contribution in [0.15, 0.2) is 61.1 Å². The number of hydrogen-bond donors (Lipinski definition) is 0. The van der Waals surface area contributed by atoms with E-state index in [4.69, 9.17) is 27.9 Å². The number of nitrogens with zero attached hydrogens (tertiary/aromatic N) is 3. The molecule has 0 aliphatic heterocycles. The van der Waals surface area contributed by atoms with Crippen molar-refractivity contribution < 1.29 is 9.53 Å². The maximum Gasteiger partial charge on any atom is 0.259 e. The number of halogens is 2. The van der Waals surface area contributed by atoms with Gasteiger partial charge in [-0.25, -0.2) is 4.98 Å². The van der Waals surface area contributed by atoms with Gasteiger partial charge in [-0.15, -0.1) is 0 Å². The van der Waals surface area contributed by atoms with Gasteiger partial charge in [-0.05, 0) is 36.4 Å². The van der Waals surface area contributed by atoms with Crippen LogP contribution in [0.1, 0.15) is 10.4 Å². The molecule has 0 saturated carbocycles. The van der Waals surface area contributed by atoms with Gasteiger partial charge in [0.2, 0.25) is 5.88 Å². The predicted octanol–water partition coefficient (Wildman–Crippen LogP) is 4.85. The zero-order valence-corrected chi connectivity index (χ0v) is 14.7. The molecule has 0 N–H and O–H groups in total. The Labute approximate surface area is 154 Å². The van der Waals surface area contributed by atoms with E-state index in [9.17, 15) is 4.79 Å². The summed E-state index contributed by atoms with van der Waals surface area (Å²) in [5, 5.41) is 0.899. The minimum atomic E-state index is -0.198. The molecule has 0 bridgehead atoms. The third kappa shape index (κ3) is 4.07. The normalized spacial score (nSPS) is 10.4. The standard InChI is InChI=1S/C18H13Cl2N3O2/c1-23(14-3-2-8-21-11-14)18(24)12-4-7-17(22-10-12)25-16-6-5-13(19)9-15(16)20/h2-11H,1H3. The van der Waals surface area contributed by atoms with Crippen LogP contribution in [0, 0.1) is 0 Å². The minimum Gasteiger partial charge on any atom is -0.437 e. The highest BCUT2D eigenvalue weighted by Crippen LogP contribution is 2.30. The highest BCUT2D eigenvalue weighted by Gasteiger charge is 2.14. The van der Waals surface area contributed by atoms with Crippen molar-refractivity contribution >= 4 is 34.8 Å². The number of carbonyl (C=O) groups excluding carboxylic acids is 1. The van der Waals surface area contributed by atoms with Gasteiger partial charge in [-0.1, -0.05) is 23.2 Å². The van der Waals surface area contributed by atoms with Crippen LogP contribution in [0.5, 0.6) is 11.6 Å². The molecule has 3 rings (SSSR count). The first-order chi connectivity index (χ1) is 12.0. The first-order valence-electron chi connectivity index (χ1n) is 7.31. The number of amides is 1. The summed E-state index contributed by atoms with van der Waals surface area (Å²) in [6, 6.07) is 11.7. The molecule has 0 aliphatic carbocycles. The van der Waals surface area contributed by atoms with Crippen molar-refractivity contribution in [3.63, 3.8) is 0 Å². The van der Waals surface area contributed by atoms with Crippen molar-refractivity contribution in [3.05, 3.63) is 76.7 Å². The molecule has 0 unspecified atom stereocenters. The summed E-state index contributed by atoms with van der Waals surface area (Å²) in [6.45, 7) is 0. The average molecular weight is 374 g/mol. The van der Waals surface area contributed by atoms with Crippen LogP contribution in [0.4, 0.5) is 5.69 Å². The molecule has 0 radical (unpaired) electrons. The van der Waals surface area contributed by atoms with Crippen LogP contribution in [0.2, 0.25) is 10.0 Å². The molecule has 2 aromatic heterocycles. The van der Waals surface area contributed by atoms with E-state index in [1.54, 1.807) is 61.9 Å². The van der Waals surface area contributed by atoms with Gasteiger partial charge >= 0.3 is 0 Å². The Morgan fingerprint density at radius 2 is 1.96 bits per heavy atom. The Hall–Kier alpha value is -2.63. The predicted molar refractivity (Wildman–Crippen MR) is 97.7 cm³/mol. The second-order valence-corrected chi connectivity index (χ2v) is 5.98. The number of aromatic nitrogens is 2. The quantitative estimate of drug-likeness (QED) is 0.655. The lowest BCUT2D eigenvalue weighted by atomic mass is 10.2. The van der Waals surface area contributed by atoms with Crippen molar-refractivity contribution in [2.75, 3.05) is 11.9 Å². The molecule has 0 saturated heterocycles. The fraction of sp³-hybridized carbons (Fsp3) is 0.0556. The fourth-order valence-corrected chi connectivity index (χ4v) is 2.55. The van der Waals surface area contributed by atoms with E-state index in [2.05, 4.69) is 9.97 Å². The minimum absolute atomic E-state index is 0.198. The summed E-state index contributed by atoms with van der Waals surface area (Å²) in [7, 11) is 1.68. The van der Waals surface area contributed by atoms with Crippen LogP contribution >= 0.6 is 23.2 Å². The highest BCUT2D eigenvalue weighted by molar-refractivity contribution is 6.35. The largest absolute Gasteiger partial charge is 0.437 e. The van der Waals surface area contributed by atoms with Gasteiger partial charge in [-0.2, -0.15) is 0 Å². The second kappa shape index (κ2) is 7.51. The molecule has 0 fully saturated rings. The van der Waals surface area contributed by atoms with E-state index < -0.39 is 0 Å². The lowest BCUT2D eigenvalue weighted by molar-refractivity contribution is 0.0992. The van der Waals surface area contributed by atoms with Crippen molar-refractivity contribution in [3.8, 4) is 11.6 Å². The third-order valence-electron chi connectivity index (χ3n) is 3.43. The first kappa shape index (κ1) is 17.2. The smallest absolute Gasteiger partial charge is 0.259 e. The summed E-state index contributed by atoms with van der Waals surface area (Å²) in [4.78, 5) is 22.2.